The minimum absolute atomic E-state index is 0.519. The van der Waals surface area contributed by atoms with Gasteiger partial charge in [0.05, 0.1) is 6.54 Å². The molecule has 1 aliphatic heterocycles. The largest absolute Gasteiger partial charge is 0.314 e. The maximum absolute atomic E-state index is 4.34. The van der Waals surface area contributed by atoms with E-state index in [1.165, 1.54) is 44.3 Å². The fraction of sp³-hybridized carbons (Fsp3) is 0.857. The second kappa shape index (κ2) is 5.00. The minimum Gasteiger partial charge on any atom is -0.314 e. The molecule has 18 heavy (non-hydrogen) atoms. The van der Waals surface area contributed by atoms with Gasteiger partial charge in [-0.15, -0.1) is 10.2 Å². The molecule has 0 saturated heterocycles. The summed E-state index contributed by atoms with van der Waals surface area (Å²) in [5.74, 6) is 2.32. The molecule has 0 radical (unpaired) electrons. The van der Waals surface area contributed by atoms with Crippen LogP contribution in [0, 0.1) is 5.41 Å². The molecule has 3 rings (SSSR count). The molecular formula is C14H24N4. The first-order valence-corrected chi connectivity index (χ1v) is 7.39. The summed E-state index contributed by atoms with van der Waals surface area (Å²) in [7, 11) is 0. The van der Waals surface area contributed by atoms with E-state index in [-0.39, 0.29) is 0 Å². The van der Waals surface area contributed by atoms with Gasteiger partial charge < -0.3 is 9.88 Å². The molecular weight excluding hydrogens is 224 g/mol. The molecule has 2 heterocycles. The second-order valence-corrected chi connectivity index (χ2v) is 6.26. The molecule has 1 fully saturated rings. The zero-order chi connectivity index (χ0) is 12.4. The van der Waals surface area contributed by atoms with Crippen molar-refractivity contribution in [2.24, 2.45) is 5.41 Å². The predicted octanol–water partition coefficient (Wildman–Crippen LogP) is 2.28. The summed E-state index contributed by atoms with van der Waals surface area (Å²) >= 11 is 0. The molecule has 4 nitrogen and oxygen atoms in total. The first kappa shape index (κ1) is 12.2. The van der Waals surface area contributed by atoms with Crippen LogP contribution in [0.25, 0.3) is 0 Å². The van der Waals surface area contributed by atoms with Gasteiger partial charge in [-0.3, -0.25) is 0 Å². The molecule has 2 aliphatic rings. The Morgan fingerprint density at radius 3 is 2.83 bits per heavy atom. The number of aryl methyl sites for hydroxylation is 1. The van der Waals surface area contributed by atoms with Crippen LogP contribution in [0.1, 0.15) is 57.1 Å². The SMILES string of the molecule is CC1(CNCc2nnc3n2CCCC3)CCCC1. The topological polar surface area (TPSA) is 42.7 Å². The monoisotopic (exact) mass is 248 g/mol. The number of nitrogens with zero attached hydrogens (tertiary/aromatic N) is 3. The van der Waals surface area contributed by atoms with Crippen molar-refractivity contribution in [3.63, 3.8) is 0 Å². The third-order valence-electron chi connectivity index (χ3n) is 4.58. The Morgan fingerprint density at radius 2 is 2.00 bits per heavy atom. The Balaban J connectivity index is 1.55. The Bertz CT molecular complexity index is 404. The molecule has 1 N–H and O–H groups in total. The third kappa shape index (κ3) is 2.44. The molecule has 4 heteroatoms. The highest BCUT2D eigenvalue weighted by molar-refractivity contribution is 4.98. The van der Waals surface area contributed by atoms with Crippen molar-refractivity contribution in [1.29, 1.82) is 0 Å². The number of fused-ring (bicyclic) bond motifs is 1. The fourth-order valence-corrected chi connectivity index (χ4v) is 3.38. The van der Waals surface area contributed by atoms with Gasteiger partial charge in [0.2, 0.25) is 0 Å². The van der Waals surface area contributed by atoms with E-state index in [0.29, 0.717) is 5.41 Å². The molecule has 0 amide bonds. The van der Waals surface area contributed by atoms with E-state index in [2.05, 4.69) is 27.0 Å². The Hall–Kier alpha value is -0.900. The lowest BCUT2D eigenvalue weighted by Crippen LogP contribution is -2.30. The molecule has 0 aromatic carbocycles. The standard InChI is InChI=1S/C14H24N4/c1-14(7-3-4-8-14)11-15-10-13-17-16-12-6-2-5-9-18(12)13/h15H,2-11H2,1H3. The highest BCUT2D eigenvalue weighted by Crippen LogP contribution is 2.36. The van der Waals surface area contributed by atoms with E-state index in [1.54, 1.807) is 0 Å². The Labute approximate surface area is 109 Å². The van der Waals surface area contributed by atoms with Crippen molar-refractivity contribution < 1.29 is 0 Å². The van der Waals surface area contributed by atoms with Gasteiger partial charge in [0.25, 0.3) is 0 Å². The summed E-state index contributed by atoms with van der Waals surface area (Å²) in [5.41, 5.74) is 0.519. The first-order valence-electron chi connectivity index (χ1n) is 7.39. The summed E-state index contributed by atoms with van der Waals surface area (Å²) in [4.78, 5) is 0. The Morgan fingerprint density at radius 1 is 1.17 bits per heavy atom. The van der Waals surface area contributed by atoms with Crippen LogP contribution in [-0.4, -0.2) is 21.3 Å². The smallest absolute Gasteiger partial charge is 0.147 e. The van der Waals surface area contributed by atoms with E-state index in [1.807, 2.05) is 0 Å². The van der Waals surface area contributed by atoms with E-state index < -0.39 is 0 Å². The molecule has 0 spiro atoms. The van der Waals surface area contributed by atoms with Crippen molar-refractivity contribution in [3.05, 3.63) is 11.6 Å². The van der Waals surface area contributed by atoms with Crippen LogP contribution in [0.2, 0.25) is 0 Å². The molecule has 1 aromatic rings. The van der Waals surface area contributed by atoms with Crippen molar-refractivity contribution in [2.45, 2.75) is 65.0 Å². The second-order valence-electron chi connectivity index (χ2n) is 6.26. The third-order valence-corrected chi connectivity index (χ3v) is 4.58. The number of nitrogens with one attached hydrogen (secondary N) is 1. The van der Waals surface area contributed by atoms with E-state index >= 15 is 0 Å². The summed E-state index contributed by atoms with van der Waals surface area (Å²) in [5, 5.41) is 12.2. The van der Waals surface area contributed by atoms with Crippen LogP contribution < -0.4 is 5.32 Å². The Kier molecular flexibility index (Phi) is 3.37. The van der Waals surface area contributed by atoms with E-state index in [4.69, 9.17) is 0 Å². The minimum atomic E-state index is 0.519. The normalized spacial score (nSPS) is 22.1. The maximum Gasteiger partial charge on any atom is 0.147 e. The molecule has 100 valence electrons. The van der Waals surface area contributed by atoms with Gasteiger partial charge in [0.15, 0.2) is 0 Å². The van der Waals surface area contributed by atoms with Crippen molar-refractivity contribution in [2.75, 3.05) is 6.54 Å². The van der Waals surface area contributed by atoms with Gasteiger partial charge in [-0.05, 0) is 31.1 Å². The van der Waals surface area contributed by atoms with Crippen molar-refractivity contribution >= 4 is 0 Å². The van der Waals surface area contributed by atoms with Crippen LogP contribution >= 0.6 is 0 Å². The quantitative estimate of drug-likeness (QED) is 0.889. The number of rotatable bonds is 4. The fourth-order valence-electron chi connectivity index (χ4n) is 3.38. The lowest BCUT2D eigenvalue weighted by Gasteiger charge is -2.24. The van der Waals surface area contributed by atoms with E-state index in [0.717, 1.165) is 31.9 Å². The average Bonchev–Trinajstić information content (AvgIpc) is 2.97. The molecule has 1 saturated carbocycles. The lowest BCUT2D eigenvalue weighted by molar-refractivity contribution is 0.312. The zero-order valence-corrected chi connectivity index (χ0v) is 11.4. The van der Waals surface area contributed by atoms with Crippen LogP contribution in [0.5, 0.6) is 0 Å². The van der Waals surface area contributed by atoms with Crippen molar-refractivity contribution in [3.8, 4) is 0 Å². The number of aromatic nitrogens is 3. The molecule has 0 atom stereocenters. The zero-order valence-electron chi connectivity index (χ0n) is 11.4. The first-order chi connectivity index (χ1) is 8.77. The van der Waals surface area contributed by atoms with Gasteiger partial charge in [-0.2, -0.15) is 0 Å². The van der Waals surface area contributed by atoms with Gasteiger partial charge in [0.1, 0.15) is 11.6 Å². The van der Waals surface area contributed by atoms with Gasteiger partial charge in [0, 0.05) is 19.5 Å². The van der Waals surface area contributed by atoms with Crippen LogP contribution in [0.3, 0.4) is 0 Å². The molecule has 0 bridgehead atoms. The summed E-state index contributed by atoms with van der Waals surface area (Å²) < 4.78 is 2.31. The predicted molar refractivity (Wildman–Crippen MR) is 71.2 cm³/mol. The summed E-state index contributed by atoms with van der Waals surface area (Å²) in [6, 6.07) is 0. The van der Waals surface area contributed by atoms with Gasteiger partial charge >= 0.3 is 0 Å². The average molecular weight is 248 g/mol. The maximum atomic E-state index is 4.34. The lowest BCUT2D eigenvalue weighted by atomic mass is 9.89. The van der Waals surface area contributed by atoms with Crippen LogP contribution in [0.15, 0.2) is 0 Å². The molecule has 0 unspecified atom stereocenters. The van der Waals surface area contributed by atoms with Crippen molar-refractivity contribution in [1.82, 2.24) is 20.1 Å². The molecule has 1 aromatic heterocycles. The highest BCUT2D eigenvalue weighted by atomic mass is 15.3. The van der Waals surface area contributed by atoms with Crippen LogP contribution in [-0.2, 0) is 19.5 Å². The highest BCUT2D eigenvalue weighted by Gasteiger charge is 2.28. The summed E-state index contributed by atoms with van der Waals surface area (Å²) in [6.07, 6.45) is 9.19. The molecule has 1 aliphatic carbocycles. The van der Waals surface area contributed by atoms with Crippen LogP contribution in [0.4, 0.5) is 0 Å². The van der Waals surface area contributed by atoms with Gasteiger partial charge in [-0.1, -0.05) is 19.8 Å². The number of hydrogen-bond acceptors (Lipinski definition) is 3. The van der Waals surface area contributed by atoms with E-state index in [9.17, 15) is 0 Å². The number of hydrogen-bond donors (Lipinski definition) is 1. The summed E-state index contributed by atoms with van der Waals surface area (Å²) in [6.45, 7) is 5.51. The van der Waals surface area contributed by atoms with Gasteiger partial charge in [-0.25, -0.2) is 0 Å².